The Bertz CT molecular complexity index is 1050. The first-order chi connectivity index (χ1) is 15.1. The summed E-state index contributed by atoms with van der Waals surface area (Å²) in [6.07, 6.45) is 1.47. The van der Waals surface area contributed by atoms with Crippen molar-refractivity contribution in [2.75, 3.05) is 25.0 Å². The molecule has 4 rings (SSSR count). The molecule has 0 saturated carbocycles. The van der Waals surface area contributed by atoms with E-state index >= 15 is 0 Å². The van der Waals surface area contributed by atoms with Gasteiger partial charge in [-0.3, -0.25) is 9.59 Å². The third-order valence-corrected chi connectivity index (χ3v) is 6.14. The van der Waals surface area contributed by atoms with Gasteiger partial charge in [0.05, 0.1) is 5.69 Å². The Labute approximate surface area is 182 Å². The van der Waals surface area contributed by atoms with E-state index < -0.39 is 11.7 Å². The van der Waals surface area contributed by atoms with Gasteiger partial charge in [-0.15, -0.1) is 10.2 Å². The van der Waals surface area contributed by atoms with E-state index in [1.807, 2.05) is 30.3 Å². The molecule has 1 N–H and O–H groups in total. The molecule has 2 amide bonds. The molecule has 2 heterocycles. The highest BCUT2D eigenvalue weighted by Crippen LogP contribution is 2.30. The van der Waals surface area contributed by atoms with Crippen LogP contribution >= 0.6 is 11.3 Å². The molecule has 1 saturated heterocycles. The fourth-order valence-corrected chi connectivity index (χ4v) is 4.27. The summed E-state index contributed by atoms with van der Waals surface area (Å²) in [7, 11) is 0. The minimum absolute atomic E-state index is 0.00779. The Kier molecular flexibility index (Phi) is 6.51. The van der Waals surface area contributed by atoms with Crippen LogP contribution in [0.2, 0.25) is 0 Å². The largest absolute Gasteiger partial charge is 0.484 e. The lowest BCUT2D eigenvalue weighted by Crippen LogP contribution is -2.40. The van der Waals surface area contributed by atoms with E-state index in [0.29, 0.717) is 18.8 Å². The van der Waals surface area contributed by atoms with Crippen LogP contribution in [0.3, 0.4) is 0 Å². The molecule has 1 aromatic heterocycles. The zero-order valence-electron chi connectivity index (χ0n) is 16.7. The minimum Gasteiger partial charge on any atom is -0.484 e. The monoisotopic (exact) mass is 440 g/mol. The third kappa shape index (κ3) is 5.24. The van der Waals surface area contributed by atoms with Crippen LogP contribution in [0.25, 0.3) is 0 Å². The summed E-state index contributed by atoms with van der Waals surface area (Å²) in [6, 6.07) is 15.2. The molecule has 0 unspecified atom stereocenters. The third-order valence-electron chi connectivity index (χ3n) is 5.06. The number of anilines is 1. The zero-order chi connectivity index (χ0) is 21.6. The molecule has 7 nitrogen and oxygen atoms in total. The highest BCUT2D eigenvalue weighted by atomic mass is 32.1. The number of nitrogens with zero attached hydrogens (tertiary/aromatic N) is 3. The number of piperidine rings is 1. The fourth-order valence-electron chi connectivity index (χ4n) is 3.36. The lowest BCUT2D eigenvalue weighted by Gasteiger charge is -2.30. The second-order valence-electron chi connectivity index (χ2n) is 7.14. The first-order valence-electron chi connectivity index (χ1n) is 9.95. The van der Waals surface area contributed by atoms with E-state index in [-0.39, 0.29) is 29.1 Å². The quantitative estimate of drug-likeness (QED) is 0.632. The number of rotatable bonds is 6. The lowest BCUT2D eigenvalue weighted by atomic mass is 9.98. The van der Waals surface area contributed by atoms with Gasteiger partial charge in [-0.25, -0.2) is 4.39 Å². The van der Waals surface area contributed by atoms with Gasteiger partial charge < -0.3 is 15.0 Å². The number of nitrogens with one attached hydrogen (secondary N) is 1. The maximum Gasteiger partial charge on any atom is 0.286 e. The Morgan fingerprint density at radius 2 is 1.77 bits per heavy atom. The maximum atomic E-state index is 13.7. The van der Waals surface area contributed by atoms with Crippen LogP contribution < -0.4 is 10.1 Å². The van der Waals surface area contributed by atoms with Crippen molar-refractivity contribution < 1.29 is 18.7 Å². The average Bonchev–Trinajstić information content (AvgIpc) is 3.30. The van der Waals surface area contributed by atoms with Crippen molar-refractivity contribution in [3.63, 3.8) is 0 Å². The van der Waals surface area contributed by atoms with Gasteiger partial charge in [0, 0.05) is 19.0 Å². The van der Waals surface area contributed by atoms with Gasteiger partial charge in [0.25, 0.3) is 11.8 Å². The van der Waals surface area contributed by atoms with E-state index in [1.165, 1.54) is 23.5 Å². The van der Waals surface area contributed by atoms with Crippen molar-refractivity contribution in [1.29, 1.82) is 0 Å². The van der Waals surface area contributed by atoms with Crippen LogP contribution in [0.5, 0.6) is 5.75 Å². The summed E-state index contributed by atoms with van der Waals surface area (Å²) in [4.78, 5) is 26.5. The molecule has 0 atom stereocenters. The Hall–Kier alpha value is -3.33. The van der Waals surface area contributed by atoms with Crippen molar-refractivity contribution in [3.05, 3.63) is 70.4 Å². The van der Waals surface area contributed by atoms with Gasteiger partial charge >= 0.3 is 0 Å². The molecule has 9 heteroatoms. The van der Waals surface area contributed by atoms with Crippen LogP contribution in [0.1, 0.15) is 33.6 Å². The number of carbonyl (C=O) groups excluding carboxylic acids is 2. The topological polar surface area (TPSA) is 84.4 Å². The molecule has 160 valence electrons. The molecule has 0 spiro atoms. The van der Waals surface area contributed by atoms with Crippen LogP contribution in [-0.4, -0.2) is 46.6 Å². The number of para-hydroxylation sites is 2. The summed E-state index contributed by atoms with van der Waals surface area (Å²) in [5.41, 5.74) is 0.105. The lowest BCUT2D eigenvalue weighted by molar-refractivity contribution is -0.134. The van der Waals surface area contributed by atoms with E-state index in [0.717, 1.165) is 17.8 Å². The molecular formula is C22H21FN4O3S. The summed E-state index contributed by atoms with van der Waals surface area (Å²) in [5.74, 6) is -0.245. The number of hydrogen-bond donors (Lipinski definition) is 1. The molecule has 3 aromatic rings. The van der Waals surface area contributed by atoms with Gasteiger partial charge in [0.15, 0.2) is 6.61 Å². The van der Waals surface area contributed by atoms with Crippen LogP contribution in [-0.2, 0) is 4.79 Å². The molecule has 31 heavy (non-hydrogen) atoms. The highest BCUT2D eigenvalue weighted by molar-refractivity contribution is 7.13. The Morgan fingerprint density at radius 3 is 2.52 bits per heavy atom. The standard InChI is InChI=1S/C22H21FN4O3S/c23-17-8-4-5-9-18(17)24-20(29)22-26-25-21(31-22)15-10-12-27(13-11-15)19(28)14-30-16-6-2-1-3-7-16/h1-9,15H,10-14H2,(H,24,29). The second kappa shape index (κ2) is 9.65. The number of aromatic nitrogens is 2. The van der Waals surface area contributed by atoms with Gasteiger partial charge in [-0.2, -0.15) is 0 Å². The number of benzene rings is 2. The van der Waals surface area contributed by atoms with Crippen LogP contribution in [0.15, 0.2) is 54.6 Å². The van der Waals surface area contributed by atoms with Gasteiger partial charge in [0.2, 0.25) is 5.01 Å². The maximum absolute atomic E-state index is 13.7. The van der Waals surface area contributed by atoms with E-state index in [9.17, 15) is 14.0 Å². The Morgan fingerprint density at radius 1 is 1.06 bits per heavy atom. The summed E-state index contributed by atoms with van der Waals surface area (Å²) in [5, 5.41) is 11.6. The number of halogens is 1. The molecular weight excluding hydrogens is 419 g/mol. The molecule has 2 aromatic carbocycles. The molecule has 0 radical (unpaired) electrons. The minimum atomic E-state index is -0.506. The number of hydrogen-bond acceptors (Lipinski definition) is 6. The molecule has 1 aliphatic heterocycles. The van der Waals surface area contributed by atoms with Crippen molar-refractivity contribution >= 4 is 28.8 Å². The van der Waals surface area contributed by atoms with Gasteiger partial charge in [0.1, 0.15) is 16.6 Å². The molecule has 0 bridgehead atoms. The van der Waals surface area contributed by atoms with Crippen molar-refractivity contribution in [2.45, 2.75) is 18.8 Å². The first-order valence-corrected chi connectivity index (χ1v) is 10.8. The van der Waals surface area contributed by atoms with Crippen molar-refractivity contribution in [2.24, 2.45) is 0 Å². The average molecular weight is 441 g/mol. The summed E-state index contributed by atoms with van der Waals surface area (Å²) >= 11 is 1.20. The molecule has 1 aliphatic rings. The number of ether oxygens (including phenoxy) is 1. The van der Waals surface area contributed by atoms with Crippen molar-refractivity contribution in [3.8, 4) is 5.75 Å². The van der Waals surface area contributed by atoms with Crippen LogP contribution in [0, 0.1) is 5.82 Å². The predicted octanol–water partition coefficient (Wildman–Crippen LogP) is 3.71. The zero-order valence-corrected chi connectivity index (χ0v) is 17.5. The molecule has 1 fully saturated rings. The first kappa shape index (κ1) is 20.9. The number of carbonyl (C=O) groups is 2. The van der Waals surface area contributed by atoms with E-state index in [1.54, 1.807) is 17.0 Å². The van der Waals surface area contributed by atoms with Crippen molar-refractivity contribution in [1.82, 2.24) is 15.1 Å². The van der Waals surface area contributed by atoms with E-state index in [2.05, 4.69) is 15.5 Å². The Balaban J connectivity index is 1.28. The summed E-state index contributed by atoms with van der Waals surface area (Å²) in [6.45, 7) is 1.20. The SMILES string of the molecule is O=C(Nc1ccccc1F)c1nnc(C2CCN(C(=O)COc3ccccc3)CC2)s1. The normalized spacial score (nSPS) is 14.3. The number of amides is 2. The summed E-state index contributed by atoms with van der Waals surface area (Å²) < 4.78 is 19.3. The smallest absolute Gasteiger partial charge is 0.286 e. The molecule has 0 aliphatic carbocycles. The number of likely N-dealkylation sites (tertiary alicyclic amines) is 1. The van der Waals surface area contributed by atoms with Gasteiger partial charge in [-0.05, 0) is 37.1 Å². The fraction of sp³-hybridized carbons (Fsp3) is 0.273. The predicted molar refractivity (Wildman–Crippen MR) is 115 cm³/mol. The highest BCUT2D eigenvalue weighted by Gasteiger charge is 2.27. The van der Waals surface area contributed by atoms with E-state index in [4.69, 9.17) is 4.74 Å². The second-order valence-corrected chi connectivity index (χ2v) is 8.15. The van der Waals surface area contributed by atoms with Crippen LogP contribution in [0.4, 0.5) is 10.1 Å². The van der Waals surface area contributed by atoms with Gasteiger partial charge in [-0.1, -0.05) is 41.7 Å².